The highest BCUT2D eigenvalue weighted by Gasteiger charge is 2.18. The van der Waals surface area contributed by atoms with Crippen LogP contribution in [0.4, 0.5) is 5.82 Å². The highest BCUT2D eigenvalue weighted by Crippen LogP contribution is 2.31. The number of rotatable bonds is 8. The average Bonchev–Trinajstić information content (AvgIpc) is 3.52. The number of para-hydroxylation sites is 1. The molecule has 0 unspecified atom stereocenters. The van der Waals surface area contributed by atoms with Gasteiger partial charge < -0.3 is 10.2 Å². The number of anilines is 1. The Morgan fingerprint density at radius 2 is 1.64 bits per heavy atom. The zero-order valence-corrected chi connectivity index (χ0v) is 19.9. The van der Waals surface area contributed by atoms with Crippen molar-refractivity contribution in [2.24, 2.45) is 0 Å². The maximum atomic E-state index is 6.26. The topological polar surface area (TPSA) is 58.9 Å². The number of fused-ring (bicyclic) bond motifs is 1. The zero-order chi connectivity index (χ0) is 22.6. The first kappa shape index (κ1) is 22.1. The molecule has 1 aliphatic heterocycles. The van der Waals surface area contributed by atoms with Gasteiger partial charge in [-0.15, -0.1) is 0 Å². The summed E-state index contributed by atoms with van der Waals surface area (Å²) in [6, 6.07) is 13.6. The molecule has 5 rings (SSSR count). The molecule has 0 atom stereocenters. The third-order valence-corrected chi connectivity index (χ3v) is 6.71. The van der Waals surface area contributed by atoms with Crippen molar-refractivity contribution in [2.45, 2.75) is 25.7 Å². The highest BCUT2D eigenvalue weighted by atomic mass is 35.5. The van der Waals surface area contributed by atoms with E-state index in [0.717, 1.165) is 37.4 Å². The standard InChI is InChI=1S/C25H26Cl2N6/c26-19-16-21-22(17-20(19)27)31-24(28-10-4-5-12-32-13-6-7-14-32)23(30-21)25-29-11-15-33(25)18-8-2-1-3-9-18/h1-3,8-9,11,15-17H,4-7,10,12-14H2,(H,28,31). The molecule has 1 fully saturated rings. The van der Waals surface area contributed by atoms with E-state index in [1.54, 1.807) is 18.3 Å². The van der Waals surface area contributed by atoms with Crippen molar-refractivity contribution in [1.29, 1.82) is 0 Å². The van der Waals surface area contributed by atoms with Crippen LogP contribution in [0, 0.1) is 0 Å². The van der Waals surface area contributed by atoms with Crippen LogP contribution in [0.3, 0.4) is 0 Å². The maximum absolute atomic E-state index is 6.26. The first-order chi connectivity index (χ1) is 16.2. The second-order valence-electron chi connectivity index (χ2n) is 8.31. The van der Waals surface area contributed by atoms with Gasteiger partial charge in [-0.25, -0.2) is 15.0 Å². The van der Waals surface area contributed by atoms with Crippen LogP contribution in [0.2, 0.25) is 10.0 Å². The number of imidazole rings is 1. The minimum Gasteiger partial charge on any atom is -0.368 e. The molecule has 4 aromatic rings. The van der Waals surface area contributed by atoms with Gasteiger partial charge in [0.15, 0.2) is 11.6 Å². The van der Waals surface area contributed by atoms with Crippen LogP contribution in [0.1, 0.15) is 25.7 Å². The summed E-state index contributed by atoms with van der Waals surface area (Å²) in [7, 11) is 0. The van der Waals surface area contributed by atoms with E-state index < -0.39 is 0 Å². The quantitative estimate of drug-likeness (QED) is 0.309. The lowest BCUT2D eigenvalue weighted by Crippen LogP contribution is -2.21. The molecule has 2 aromatic carbocycles. The average molecular weight is 481 g/mol. The van der Waals surface area contributed by atoms with E-state index >= 15 is 0 Å². The molecule has 170 valence electrons. The Hall–Kier alpha value is -2.67. The lowest BCUT2D eigenvalue weighted by Gasteiger charge is -2.15. The SMILES string of the molecule is Clc1cc2nc(NCCCCN3CCCC3)c(-c3nccn3-c3ccccc3)nc2cc1Cl. The van der Waals surface area contributed by atoms with Gasteiger partial charge in [-0.05, 0) is 69.6 Å². The Labute approximate surface area is 203 Å². The molecule has 0 bridgehead atoms. The highest BCUT2D eigenvalue weighted by molar-refractivity contribution is 6.42. The number of hydrogen-bond donors (Lipinski definition) is 1. The van der Waals surface area contributed by atoms with Gasteiger partial charge in [-0.1, -0.05) is 41.4 Å². The summed E-state index contributed by atoms with van der Waals surface area (Å²) in [4.78, 5) is 16.9. The van der Waals surface area contributed by atoms with Crippen molar-refractivity contribution in [2.75, 3.05) is 31.5 Å². The number of halogens is 2. The van der Waals surface area contributed by atoms with Crippen molar-refractivity contribution in [1.82, 2.24) is 24.4 Å². The van der Waals surface area contributed by atoms with Gasteiger partial charge in [-0.2, -0.15) is 0 Å². The minimum absolute atomic E-state index is 0.457. The summed E-state index contributed by atoms with van der Waals surface area (Å²) in [5.41, 5.74) is 3.08. The second-order valence-corrected chi connectivity index (χ2v) is 9.13. The van der Waals surface area contributed by atoms with E-state index in [9.17, 15) is 0 Å². The molecular weight excluding hydrogens is 455 g/mol. The fourth-order valence-corrected chi connectivity index (χ4v) is 4.60. The van der Waals surface area contributed by atoms with Crippen LogP contribution in [-0.4, -0.2) is 50.6 Å². The van der Waals surface area contributed by atoms with Crippen molar-refractivity contribution in [3.63, 3.8) is 0 Å². The fraction of sp³-hybridized carbons (Fsp3) is 0.320. The number of nitrogens with zero attached hydrogens (tertiary/aromatic N) is 5. The molecule has 33 heavy (non-hydrogen) atoms. The smallest absolute Gasteiger partial charge is 0.167 e. The molecule has 1 N–H and O–H groups in total. The van der Waals surface area contributed by atoms with Gasteiger partial charge in [-0.3, -0.25) is 4.57 Å². The summed E-state index contributed by atoms with van der Waals surface area (Å²) < 4.78 is 2.02. The Morgan fingerprint density at radius 1 is 0.909 bits per heavy atom. The summed E-state index contributed by atoms with van der Waals surface area (Å²) in [5.74, 6) is 1.42. The zero-order valence-electron chi connectivity index (χ0n) is 18.3. The van der Waals surface area contributed by atoms with E-state index in [4.69, 9.17) is 33.2 Å². The summed E-state index contributed by atoms with van der Waals surface area (Å²) in [5, 5.41) is 4.43. The largest absolute Gasteiger partial charge is 0.368 e. The monoisotopic (exact) mass is 480 g/mol. The molecule has 3 heterocycles. The Kier molecular flexibility index (Phi) is 6.76. The molecule has 0 aliphatic carbocycles. The summed E-state index contributed by atoms with van der Waals surface area (Å²) in [6.45, 7) is 4.44. The number of aromatic nitrogens is 4. The predicted molar refractivity (Wildman–Crippen MR) is 136 cm³/mol. The number of nitrogens with one attached hydrogen (secondary N) is 1. The van der Waals surface area contributed by atoms with Crippen molar-refractivity contribution in [3.8, 4) is 17.2 Å². The lowest BCUT2D eigenvalue weighted by molar-refractivity contribution is 0.331. The first-order valence-corrected chi connectivity index (χ1v) is 12.2. The Morgan fingerprint density at radius 3 is 2.39 bits per heavy atom. The molecule has 0 radical (unpaired) electrons. The maximum Gasteiger partial charge on any atom is 0.167 e. The minimum atomic E-state index is 0.457. The first-order valence-electron chi connectivity index (χ1n) is 11.4. The van der Waals surface area contributed by atoms with Crippen LogP contribution < -0.4 is 5.32 Å². The van der Waals surface area contributed by atoms with Crippen molar-refractivity contribution < 1.29 is 0 Å². The second kappa shape index (κ2) is 10.1. The summed E-state index contributed by atoms with van der Waals surface area (Å²) >= 11 is 12.5. The summed E-state index contributed by atoms with van der Waals surface area (Å²) in [6.07, 6.45) is 8.59. The van der Waals surface area contributed by atoms with Gasteiger partial charge in [0.25, 0.3) is 0 Å². The van der Waals surface area contributed by atoms with E-state index in [-0.39, 0.29) is 0 Å². The van der Waals surface area contributed by atoms with Gasteiger partial charge in [0.05, 0.1) is 21.1 Å². The van der Waals surface area contributed by atoms with Crippen LogP contribution in [0.15, 0.2) is 54.9 Å². The lowest BCUT2D eigenvalue weighted by atomic mass is 10.2. The van der Waals surface area contributed by atoms with E-state index in [2.05, 4.69) is 15.2 Å². The molecule has 2 aromatic heterocycles. The number of benzene rings is 2. The van der Waals surface area contributed by atoms with Gasteiger partial charge in [0, 0.05) is 24.6 Å². The van der Waals surface area contributed by atoms with Gasteiger partial charge in [0.1, 0.15) is 5.69 Å². The molecule has 1 saturated heterocycles. The third-order valence-electron chi connectivity index (χ3n) is 5.99. The molecule has 0 amide bonds. The molecule has 6 nitrogen and oxygen atoms in total. The molecule has 0 spiro atoms. The Bertz CT molecular complexity index is 1230. The van der Waals surface area contributed by atoms with E-state index in [1.807, 2.05) is 41.1 Å². The Balaban J connectivity index is 1.45. The van der Waals surface area contributed by atoms with Crippen LogP contribution in [-0.2, 0) is 0 Å². The molecular formula is C25H26Cl2N6. The van der Waals surface area contributed by atoms with E-state index in [0.29, 0.717) is 32.6 Å². The number of unbranched alkanes of at least 4 members (excludes halogenated alkanes) is 1. The van der Waals surface area contributed by atoms with Crippen LogP contribution in [0.25, 0.3) is 28.2 Å². The molecule has 0 saturated carbocycles. The number of likely N-dealkylation sites (tertiary alicyclic amines) is 1. The molecule has 1 aliphatic rings. The number of hydrogen-bond acceptors (Lipinski definition) is 5. The molecule has 8 heteroatoms. The van der Waals surface area contributed by atoms with Gasteiger partial charge in [0.2, 0.25) is 0 Å². The third kappa shape index (κ3) is 4.98. The normalized spacial score (nSPS) is 14.2. The van der Waals surface area contributed by atoms with Crippen molar-refractivity contribution in [3.05, 3.63) is 64.9 Å². The fourth-order valence-electron chi connectivity index (χ4n) is 4.28. The van der Waals surface area contributed by atoms with Crippen LogP contribution in [0.5, 0.6) is 0 Å². The van der Waals surface area contributed by atoms with Crippen LogP contribution >= 0.6 is 23.2 Å². The van der Waals surface area contributed by atoms with E-state index in [1.165, 1.54) is 25.9 Å². The van der Waals surface area contributed by atoms with Gasteiger partial charge >= 0.3 is 0 Å². The predicted octanol–water partition coefficient (Wildman–Crippen LogP) is 6.08. The van der Waals surface area contributed by atoms with Crippen molar-refractivity contribution >= 4 is 40.1 Å².